The van der Waals surface area contributed by atoms with Gasteiger partial charge in [-0.05, 0) is 26.8 Å². The van der Waals surface area contributed by atoms with Gasteiger partial charge in [0.2, 0.25) is 0 Å². The molecule has 0 aliphatic heterocycles. The predicted molar refractivity (Wildman–Crippen MR) is 66.2 cm³/mol. The highest BCUT2D eigenvalue weighted by atomic mass is 79.9. The normalized spacial score (nSPS) is 10.0. The van der Waals surface area contributed by atoms with Gasteiger partial charge in [-0.2, -0.15) is 5.10 Å². The molecule has 0 aromatic carbocycles. The predicted octanol–water partition coefficient (Wildman–Crippen LogP) is 3.44. The molecule has 0 unspecified atom stereocenters. The zero-order chi connectivity index (χ0) is 11.6. The van der Waals surface area contributed by atoms with Crippen molar-refractivity contribution >= 4 is 21.6 Å². The molecule has 0 radical (unpaired) electrons. The van der Waals surface area contributed by atoms with E-state index >= 15 is 0 Å². The smallest absolute Gasteiger partial charge is 0.159 e. The summed E-state index contributed by atoms with van der Waals surface area (Å²) in [4.78, 5) is 4.36. The molecule has 82 valence electrons. The number of hydrogen-bond donors (Lipinski definition) is 0. The first kappa shape index (κ1) is 12.2. The lowest BCUT2D eigenvalue weighted by molar-refractivity contribution is 0.887. The number of aromatic nitrogens is 3. The van der Waals surface area contributed by atoms with Crippen LogP contribution in [0.3, 0.4) is 0 Å². The number of hydrogen-bond acceptors (Lipinski definition) is 2. The van der Waals surface area contributed by atoms with Crippen LogP contribution in [0.1, 0.15) is 30.9 Å². The van der Waals surface area contributed by atoms with Gasteiger partial charge in [-0.15, -0.1) is 0 Å². The monoisotopic (exact) mass is 269 g/mol. The molecule has 0 fully saturated rings. The third-order valence-corrected chi connectivity index (χ3v) is 2.90. The summed E-state index contributed by atoms with van der Waals surface area (Å²) in [5.41, 5.74) is 3.16. The SMILES string of the molecule is CC.Cc1nc2c(C)c(Br)cc(C)n2n1. The minimum Gasteiger partial charge on any atom is -0.218 e. The van der Waals surface area contributed by atoms with E-state index in [1.54, 1.807) is 0 Å². The van der Waals surface area contributed by atoms with Crippen molar-refractivity contribution in [3.63, 3.8) is 0 Å². The first-order valence-electron chi connectivity index (χ1n) is 5.08. The van der Waals surface area contributed by atoms with Crippen molar-refractivity contribution in [3.05, 3.63) is 27.6 Å². The first-order chi connectivity index (χ1) is 7.09. The maximum Gasteiger partial charge on any atom is 0.159 e. The van der Waals surface area contributed by atoms with E-state index < -0.39 is 0 Å². The minimum atomic E-state index is 0.810. The van der Waals surface area contributed by atoms with Crippen LogP contribution in [0, 0.1) is 20.8 Å². The van der Waals surface area contributed by atoms with Crippen molar-refractivity contribution in [2.75, 3.05) is 0 Å². The molecule has 0 amide bonds. The van der Waals surface area contributed by atoms with E-state index in [1.165, 1.54) is 0 Å². The molecule has 0 N–H and O–H groups in total. The molecule has 0 spiro atoms. The Labute approximate surface area is 98.7 Å². The molecule has 0 aliphatic rings. The summed E-state index contributed by atoms with van der Waals surface area (Å²) in [6.07, 6.45) is 0. The fourth-order valence-corrected chi connectivity index (χ4v) is 1.87. The third kappa shape index (κ3) is 2.20. The van der Waals surface area contributed by atoms with E-state index in [2.05, 4.69) is 32.1 Å². The van der Waals surface area contributed by atoms with Crippen LogP contribution in [0.15, 0.2) is 10.5 Å². The van der Waals surface area contributed by atoms with Crippen molar-refractivity contribution in [2.45, 2.75) is 34.6 Å². The van der Waals surface area contributed by atoms with Crippen LogP contribution in [-0.2, 0) is 0 Å². The van der Waals surface area contributed by atoms with Gasteiger partial charge < -0.3 is 0 Å². The molecule has 0 saturated carbocycles. The highest BCUT2D eigenvalue weighted by Gasteiger charge is 2.07. The fraction of sp³-hybridized carbons (Fsp3) is 0.455. The Kier molecular flexibility index (Phi) is 3.85. The number of rotatable bonds is 0. The molecule has 0 atom stereocenters. The first-order valence-corrected chi connectivity index (χ1v) is 5.88. The van der Waals surface area contributed by atoms with Crippen LogP contribution in [-0.4, -0.2) is 14.6 Å². The van der Waals surface area contributed by atoms with Crippen LogP contribution < -0.4 is 0 Å². The van der Waals surface area contributed by atoms with E-state index in [0.29, 0.717) is 0 Å². The molecule has 0 saturated heterocycles. The second kappa shape index (κ2) is 4.75. The van der Waals surface area contributed by atoms with E-state index in [9.17, 15) is 0 Å². The van der Waals surface area contributed by atoms with Gasteiger partial charge in [0.05, 0.1) is 0 Å². The minimum absolute atomic E-state index is 0.810. The average Bonchev–Trinajstić information content (AvgIpc) is 2.61. The van der Waals surface area contributed by atoms with Crippen LogP contribution in [0.5, 0.6) is 0 Å². The topological polar surface area (TPSA) is 30.2 Å². The summed E-state index contributed by atoms with van der Waals surface area (Å²) in [5.74, 6) is 0.810. The van der Waals surface area contributed by atoms with E-state index in [4.69, 9.17) is 0 Å². The standard InChI is InChI=1S/C9H10BrN3.C2H6/c1-5-4-8(10)6(2)9-11-7(3)12-13(5)9;1-2/h4H,1-3H3;1-2H3. The summed E-state index contributed by atoms with van der Waals surface area (Å²) >= 11 is 3.50. The molecule has 15 heavy (non-hydrogen) atoms. The number of fused-ring (bicyclic) bond motifs is 1. The van der Waals surface area contributed by atoms with Gasteiger partial charge in [0.25, 0.3) is 0 Å². The summed E-state index contributed by atoms with van der Waals surface area (Å²) < 4.78 is 2.96. The highest BCUT2D eigenvalue weighted by molar-refractivity contribution is 9.10. The van der Waals surface area contributed by atoms with Gasteiger partial charge in [-0.25, -0.2) is 9.50 Å². The molecule has 2 rings (SSSR count). The Bertz CT molecular complexity index is 474. The number of nitrogens with zero attached hydrogens (tertiary/aromatic N) is 3. The van der Waals surface area contributed by atoms with Gasteiger partial charge in [0.15, 0.2) is 5.65 Å². The fourth-order valence-electron chi connectivity index (χ4n) is 1.36. The second-order valence-electron chi connectivity index (χ2n) is 3.15. The number of pyridine rings is 1. The van der Waals surface area contributed by atoms with Crippen molar-refractivity contribution in [2.24, 2.45) is 0 Å². The lowest BCUT2D eigenvalue weighted by Gasteiger charge is -2.02. The molecule has 4 heteroatoms. The Morgan fingerprint density at radius 3 is 2.40 bits per heavy atom. The maximum absolute atomic E-state index is 4.36. The van der Waals surface area contributed by atoms with Crippen molar-refractivity contribution in [1.29, 1.82) is 0 Å². The summed E-state index contributed by atoms with van der Waals surface area (Å²) in [6.45, 7) is 9.96. The molecule has 0 bridgehead atoms. The van der Waals surface area contributed by atoms with Crippen LogP contribution in [0.4, 0.5) is 0 Å². The van der Waals surface area contributed by atoms with Gasteiger partial charge >= 0.3 is 0 Å². The quantitative estimate of drug-likeness (QED) is 0.734. The van der Waals surface area contributed by atoms with Crippen molar-refractivity contribution in [3.8, 4) is 0 Å². The van der Waals surface area contributed by atoms with Crippen molar-refractivity contribution < 1.29 is 0 Å². The zero-order valence-electron chi connectivity index (χ0n) is 9.80. The van der Waals surface area contributed by atoms with Crippen LogP contribution in [0.2, 0.25) is 0 Å². The van der Waals surface area contributed by atoms with Gasteiger partial charge in [-0.1, -0.05) is 29.8 Å². The molecular weight excluding hydrogens is 254 g/mol. The second-order valence-corrected chi connectivity index (χ2v) is 4.01. The Balaban J connectivity index is 0.000000531. The molecule has 2 heterocycles. The van der Waals surface area contributed by atoms with Gasteiger partial charge in [-0.3, -0.25) is 0 Å². The lowest BCUT2D eigenvalue weighted by Crippen LogP contribution is -1.96. The Morgan fingerprint density at radius 1 is 1.20 bits per heavy atom. The van der Waals surface area contributed by atoms with Gasteiger partial charge in [0.1, 0.15) is 5.82 Å². The number of aryl methyl sites for hydroxylation is 3. The molecule has 3 nitrogen and oxygen atoms in total. The Morgan fingerprint density at radius 2 is 1.80 bits per heavy atom. The lowest BCUT2D eigenvalue weighted by atomic mass is 10.3. The molecule has 2 aromatic heterocycles. The van der Waals surface area contributed by atoms with E-state index in [0.717, 1.165) is 27.2 Å². The maximum atomic E-state index is 4.36. The van der Waals surface area contributed by atoms with Crippen LogP contribution in [0.25, 0.3) is 5.65 Å². The summed E-state index contributed by atoms with van der Waals surface area (Å²) in [6, 6.07) is 2.05. The third-order valence-electron chi connectivity index (χ3n) is 2.08. The summed E-state index contributed by atoms with van der Waals surface area (Å²) in [5, 5.41) is 4.30. The van der Waals surface area contributed by atoms with E-state index in [-0.39, 0.29) is 0 Å². The largest absolute Gasteiger partial charge is 0.218 e. The Hall–Kier alpha value is -0.900. The van der Waals surface area contributed by atoms with Crippen LogP contribution >= 0.6 is 15.9 Å². The highest BCUT2D eigenvalue weighted by Crippen LogP contribution is 2.21. The van der Waals surface area contributed by atoms with Gasteiger partial charge in [0, 0.05) is 15.7 Å². The molecular formula is C11H16BrN3. The number of halogens is 1. The zero-order valence-corrected chi connectivity index (χ0v) is 11.4. The summed E-state index contributed by atoms with van der Waals surface area (Å²) in [7, 11) is 0. The molecule has 0 aliphatic carbocycles. The van der Waals surface area contributed by atoms with E-state index in [1.807, 2.05) is 39.1 Å². The van der Waals surface area contributed by atoms with Crippen molar-refractivity contribution in [1.82, 2.24) is 14.6 Å². The molecule has 2 aromatic rings. The average molecular weight is 270 g/mol.